The first-order valence-corrected chi connectivity index (χ1v) is 10.7. The van der Waals surface area contributed by atoms with E-state index in [0.29, 0.717) is 0 Å². The maximum absolute atomic E-state index is 13.0. The number of imidazole rings is 1. The number of nitrogens with one attached hydrogen (secondary N) is 1. The fraction of sp³-hybridized carbons (Fsp3) is 0.273. The predicted molar refractivity (Wildman–Crippen MR) is 124 cm³/mol. The quantitative estimate of drug-likeness (QED) is 0.406. The van der Waals surface area contributed by atoms with Gasteiger partial charge in [0, 0.05) is 25.0 Å². The molecule has 192 valence electrons. The minimum absolute atomic E-state index is 0.0388. The summed E-state index contributed by atoms with van der Waals surface area (Å²) in [6, 6.07) is 3.50. The van der Waals surface area contributed by atoms with E-state index in [-0.39, 0.29) is 28.2 Å². The highest BCUT2D eigenvalue weighted by atomic mass is 19.4. The number of Topliss-reactive ketones (excluding diaryl/α,β-unsaturated/α-hetero) is 1. The van der Waals surface area contributed by atoms with Crippen LogP contribution >= 0.6 is 0 Å². The van der Waals surface area contributed by atoms with Crippen LogP contribution in [0.15, 0.2) is 46.5 Å². The number of hydrogen-bond donors (Lipinski definition) is 1. The van der Waals surface area contributed by atoms with Crippen LogP contribution in [-0.4, -0.2) is 45.3 Å². The lowest BCUT2D eigenvalue weighted by molar-refractivity contribution is -0.145. The number of ketones is 1. The van der Waals surface area contributed by atoms with Crippen molar-refractivity contribution in [1.29, 1.82) is 0 Å². The second-order valence-corrected chi connectivity index (χ2v) is 8.13. The van der Waals surface area contributed by atoms with Crippen molar-refractivity contribution < 1.29 is 22.8 Å². The van der Waals surface area contributed by atoms with E-state index in [1.807, 2.05) is 0 Å². The Morgan fingerprint density at radius 1 is 1.11 bits per heavy atom. The van der Waals surface area contributed by atoms with Gasteiger partial charge in [0.1, 0.15) is 17.6 Å². The Morgan fingerprint density at radius 3 is 2.41 bits per heavy atom. The largest absolute Gasteiger partial charge is 0.451 e. The number of rotatable bonds is 6. The summed E-state index contributed by atoms with van der Waals surface area (Å²) in [7, 11) is 1.39. The van der Waals surface area contributed by atoms with Crippen LogP contribution in [0.2, 0.25) is 0 Å². The second kappa shape index (κ2) is 9.40. The number of aromatic nitrogens is 7. The van der Waals surface area contributed by atoms with Crippen LogP contribution in [-0.2, 0) is 29.4 Å². The molecule has 0 fully saturated rings. The van der Waals surface area contributed by atoms with Gasteiger partial charge in [0.25, 0.3) is 5.56 Å². The van der Waals surface area contributed by atoms with E-state index in [0.717, 1.165) is 21.5 Å². The van der Waals surface area contributed by atoms with Crippen LogP contribution in [0, 0.1) is 0 Å². The lowest BCUT2D eigenvalue weighted by atomic mass is 10.2. The Hall–Kier alpha value is -4.69. The summed E-state index contributed by atoms with van der Waals surface area (Å²) < 4.78 is 41.3. The Bertz CT molecular complexity index is 1640. The fourth-order valence-electron chi connectivity index (χ4n) is 3.57. The maximum atomic E-state index is 13.0. The molecule has 0 aliphatic rings. The third kappa shape index (κ3) is 4.87. The molecule has 4 heterocycles. The molecule has 0 aliphatic carbocycles. The average molecular weight is 516 g/mol. The molecule has 1 N–H and O–H groups in total. The minimum atomic E-state index is -4.68. The van der Waals surface area contributed by atoms with E-state index in [1.165, 1.54) is 50.0 Å². The number of hydrogen-bond acceptors (Lipinski definition) is 8. The molecule has 0 saturated heterocycles. The van der Waals surface area contributed by atoms with E-state index in [2.05, 4.69) is 25.3 Å². The maximum Gasteiger partial charge on any atom is 0.451 e. The van der Waals surface area contributed by atoms with E-state index < -0.39 is 47.5 Å². The molecule has 15 heteroatoms. The number of amides is 1. The zero-order valence-corrected chi connectivity index (χ0v) is 19.6. The summed E-state index contributed by atoms with van der Waals surface area (Å²) >= 11 is 0. The highest BCUT2D eigenvalue weighted by Crippen LogP contribution is 2.27. The molecule has 0 radical (unpaired) electrons. The average Bonchev–Trinajstić information content (AvgIpc) is 3.30. The van der Waals surface area contributed by atoms with Gasteiger partial charge < -0.3 is 9.88 Å². The highest BCUT2D eigenvalue weighted by Gasteiger charge is 2.34. The SMILES string of the molecule is CC(=O)Cn1c(=O)c2c(ncn2C(C)C(=O)Nc2cccc(-c3cnc(C(F)(F)F)nc3)n2)n(C)c1=O. The van der Waals surface area contributed by atoms with Crippen LogP contribution in [0.25, 0.3) is 22.4 Å². The van der Waals surface area contributed by atoms with Crippen molar-refractivity contribution in [3.63, 3.8) is 0 Å². The van der Waals surface area contributed by atoms with E-state index in [1.54, 1.807) is 0 Å². The monoisotopic (exact) mass is 516 g/mol. The van der Waals surface area contributed by atoms with Gasteiger partial charge in [-0.15, -0.1) is 0 Å². The standard InChI is InChI=1S/C22H19F3N8O4/c1-11(34)9-32-19(36)16-17(31(3)21(32)37)28-10-33(16)12(2)18(35)30-15-6-4-5-14(29-15)13-7-26-20(27-8-13)22(23,24)25/h4-8,10,12H,9H2,1-3H3,(H,29,30,35). The van der Waals surface area contributed by atoms with Gasteiger partial charge in [0.15, 0.2) is 11.2 Å². The van der Waals surface area contributed by atoms with Crippen molar-refractivity contribution in [1.82, 2.24) is 33.6 Å². The van der Waals surface area contributed by atoms with Crippen molar-refractivity contribution in [2.24, 2.45) is 7.05 Å². The first-order chi connectivity index (χ1) is 17.4. The molecule has 4 aromatic heterocycles. The van der Waals surface area contributed by atoms with Crippen LogP contribution in [0.3, 0.4) is 0 Å². The second-order valence-electron chi connectivity index (χ2n) is 8.13. The summed E-state index contributed by atoms with van der Waals surface area (Å²) in [6.45, 7) is 2.29. The highest BCUT2D eigenvalue weighted by molar-refractivity contribution is 5.93. The predicted octanol–water partition coefficient (Wildman–Crippen LogP) is 1.56. The molecule has 4 aromatic rings. The van der Waals surface area contributed by atoms with Crippen LogP contribution in [0.1, 0.15) is 25.7 Å². The van der Waals surface area contributed by atoms with Gasteiger partial charge in [-0.25, -0.2) is 24.7 Å². The summed E-state index contributed by atoms with van der Waals surface area (Å²) in [5.41, 5.74) is -1.08. The molecule has 0 aromatic carbocycles. The lowest BCUT2D eigenvalue weighted by Gasteiger charge is -2.15. The molecular weight excluding hydrogens is 497 g/mol. The third-order valence-electron chi connectivity index (χ3n) is 5.44. The molecule has 1 atom stereocenters. The molecule has 37 heavy (non-hydrogen) atoms. The number of pyridine rings is 1. The van der Waals surface area contributed by atoms with Gasteiger partial charge in [-0.3, -0.25) is 23.5 Å². The Labute approximate surface area is 205 Å². The van der Waals surface area contributed by atoms with Crippen molar-refractivity contribution in [2.75, 3.05) is 5.32 Å². The molecule has 12 nitrogen and oxygen atoms in total. The summed E-state index contributed by atoms with van der Waals surface area (Å²) in [4.78, 5) is 65.0. The van der Waals surface area contributed by atoms with Crippen molar-refractivity contribution >= 4 is 28.7 Å². The minimum Gasteiger partial charge on any atom is -0.312 e. The number of aryl methyl sites for hydroxylation is 1. The molecule has 0 aliphatic heterocycles. The molecule has 0 spiro atoms. The summed E-state index contributed by atoms with van der Waals surface area (Å²) in [5.74, 6) is -2.21. The van der Waals surface area contributed by atoms with Gasteiger partial charge in [-0.1, -0.05) is 6.07 Å². The van der Waals surface area contributed by atoms with Gasteiger partial charge in [0.2, 0.25) is 11.7 Å². The molecule has 1 unspecified atom stereocenters. The van der Waals surface area contributed by atoms with E-state index >= 15 is 0 Å². The van der Waals surface area contributed by atoms with Gasteiger partial charge in [0.05, 0.1) is 18.6 Å². The molecule has 4 rings (SSSR count). The number of carbonyl (C=O) groups excluding carboxylic acids is 2. The van der Waals surface area contributed by atoms with Crippen molar-refractivity contribution in [2.45, 2.75) is 32.6 Å². The van der Waals surface area contributed by atoms with E-state index in [9.17, 15) is 32.3 Å². The number of nitrogens with zero attached hydrogens (tertiary/aromatic N) is 7. The zero-order valence-electron chi connectivity index (χ0n) is 19.6. The number of halogens is 3. The van der Waals surface area contributed by atoms with Crippen LogP contribution < -0.4 is 16.6 Å². The van der Waals surface area contributed by atoms with E-state index in [4.69, 9.17) is 0 Å². The van der Waals surface area contributed by atoms with Crippen LogP contribution in [0.4, 0.5) is 19.0 Å². The van der Waals surface area contributed by atoms with Crippen molar-refractivity contribution in [3.8, 4) is 11.3 Å². The van der Waals surface area contributed by atoms with Crippen molar-refractivity contribution in [3.05, 3.63) is 63.6 Å². The Kier molecular flexibility index (Phi) is 6.46. The van der Waals surface area contributed by atoms with Crippen LogP contribution in [0.5, 0.6) is 0 Å². The topological polar surface area (TPSA) is 147 Å². The third-order valence-corrected chi connectivity index (χ3v) is 5.44. The number of alkyl halides is 3. The van der Waals surface area contributed by atoms with Gasteiger partial charge in [-0.05, 0) is 26.0 Å². The first-order valence-electron chi connectivity index (χ1n) is 10.7. The first kappa shape index (κ1) is 25.4. The summed E-state index contributed by atoms with van der Waals surface area (Å²) in [6.07, 6.45) is -1.50. The lowest BCUT2D eigenvalue weighted by Crippen LogP contribution is -2.41. The molecule has 1 amide bonds. The molecular formula is C22H19F3N8O4. The van der Waals surface area contributed by atoms with Gasteiger partial charge >= 0.3 is 11.9 Å². The molecule has 0 saturated carbocycles. The van der Waals surface area contributed by atoms with Gasteiger partial charge in [-0.2, -0.15) is 13.2 Å². The number of anilines is 1. The normalized spacial score (nSPS) is 12.5. The molecule has 0 bridgehead atoms. The zero-order chi connectivity index (χ0) is 27.1. The Morgan fingerprint density at radius 2 is 1.78 bits per heavy atom. The number of carbonyl (C=O) groups is 2. The summed E-state index contributed by atoms with van der Waals surface area (Å²) in [5, 5.41) is 2.58. The fourth-order valence-corrected chi connectivity index (χ4v) is 3.57. The smallest absolute Gasteiger partial charge is 0.312 e. The number of fused-ring (bicyclic) bond motifs is 1. The Balaban J connectivity index is 1.63.